The maximum atomic E-state index is 5.76. The fourth-order valence-electron chi connectivity index (χ4n) is 3.54. The number of aryl methyl sites for hydroxylation is 1. The number of benzene rings is 1. The average molecular weight is 288 g/mol. The maximum absolute atomic E-state index is 5.76. The monoisotopic (exact) mass is 288 g/mol. The second kappa shape index (κ2) is 6.80. The zero-order valence-corrected chi connectivity index (χ0v) is 13.4. The van der Waals surface area contributed by atoms with Crippen LogP contribution in [0.15, 0.2) is 18.2 Å². The second-order valence-electron chi connectivity index (χ2n) is 6.41. The normalized spacial score (nSPS) is 23.1. The van der Waals surface area contributed by atoms with Crippen LogP contribution in [0, 0.1) is 0 Å². The Morgan fingerprint density at radius 2 is 2.29 bits per heavy atom. The lowest BCUT2D eigenvalue weighted by atomic mass is 9.96. The van der Waals surface area contributed by atoms with Gasteiger partial charge in [-0.1, -0.05) is 12.1 Å². The second-order valence-corrected chi connectivity index (χ2v) is 6.41. The van der Waals surface area contributed by atoms with E-state index in [2.05, 4.69) is 35.3 Å². The zero-order chi connectivity index (χ0) is 14.7. The number of nitrogens with one attached hydrogen (secondary N) is 1. The molecule has 3 rings (SSSR count). The third-order valence-corrected chi connectivity index (χ3v) is 5.00. The molecule has 3 nitrogen and oxygen atoms in total. The van der Waals surface area contributed by atoms with Gasteiger partial charge in [0.1, 0.15) is 0 Å². The van der Waals surface area contributed by atoms with Crippen molar-refractivity contribution in [1.29, 1.82) is 0 Å². The molecule has 0 aliphatic carbocycles. The van der Waals surface area contributed by atoms with Crippen LogP contribution < -0.4 is 10.2 Å². The highest BCUT2D eigenvalue weighted by Crippen LogP contribution is 2.30. The minimum Gasteiger partial charge on any atom is -0.378 e. The minimum atomic E-state index is 0.428. The van der Waals surface area contributed by atoms with Crippen LogP contribution in [0.4, 0.5) is 5.69 Å². The van der Waals surface area contributed by atoms with Crippen molar-refractivity contribution < 1.29 is 4.74 Å². The van der Waals surface area contributed by atoms with Gasteiger partial charge in [-0.05, 0) is 63.3 Å². The predicted molar refractivity (Wildman–Crippen MR) is 88.0 cm³/mol. The molecule has 2 aliphatic rings. The number of anilines is 1. The third kappa shape index (κ3) is 3.41. The number of nitrogens with zero attached hydrogens (tertiary/aromatic N) is 1. The predicted octanol–water partition coefficient (Wildman–Crippen LogP) is 3.29. The summed E-state index contributed by atoms with van der Waals surface area (Å²) in [5.41, 5.74) is 4.37. The lowest BCUT2D eigenvalue weighted by molar-refractivity contribution is 0.105. The summed E-state index contributed by atoms with van der Waals surface area (Å²) in [5, 5.41) is 3.33. The Balaban J connectivity index is 1.68. The van der Waals surface area contributed by atoms with E-state index in [1.165, 1.54) is 55.5 Å². The van der Waals surface area contributed by atoms with E-state index in [-0.39, 0.29) is 0 Å². The Hall–Kier alpha value is -1.06. The molecule has 2 heterocycles. The molecule has 21 heavy (non-hydrogen) atoms. The average Bonchev–Trinajstić information content (AvgIpc) is 3.05. The summed E-state index contributed by atoms with van der Waals surface area (Å²) in [6.45, 7) is 5.52. The van der Waals surface area contributed by atoms with E-state index in [1.807, 2.05) is 7.05 Å². The van der Waals surface area contributed by atoms with Gasteiger partial charge >= 0.3 is 0 Å². The smallest absolute Gasteiger partial charge is 0.0592 e. The van der Waals surface area contributed by atoms with E-state index >= 15 is 0 Å². The molecule has 0 amide bonds. The largest absolute Gasteiger partial charge is 0.378 e. The topological polar surface area (TPSA) is 24.5 Å². The van der Waals surface area contributed by atoms with Crippen molar-refractivity contribution >= 4 is 5.69 Å². The van der Waals surface area contributed by atoms with Gasteiger partial charge in [0.05, 0.1) is 6.10 Å². The summed E-state index contributed by atoms with van der Waals surface area (Å²) in [6, 6.07) is 7.43. The molecule has 2 aliphatic heterocycles. The summed E-state index contributed by atoms with van der Waals surface area (Å²) < 4.78 is 5.76. The van der Waals surface area contributed by atoms with E-state index in [9.17, 15) is 0 Å². The molecule has 2 atom stereocenters. The molecule has 1 fully saturated rings. The molecule has 0 radical (unpaired) electrons. The van der Waals surface area contributed by atoms with Gasteiger partial charge in [0, 0.05) is 31.4 Å². The maximum Gasteiger partial charge on any atom is 0.0592 e. The Bertz CT molecular complexity index is 468. The summed E-state index contributed by atoms with van der Waals surface area (Å²) in [4.78, 5) is 2.56. The van der Waals surface area contributed by atoms with Crippen molar-refractivity contribution in [2.24, 2.45) is 0 Å². The SMILES string of the molecule is CNC(C)c1ccc2c(c1)CCCN2CCC1CCCO1. The van der Waals surface area contributed by atoms with Crippen molar-refractivity contribution in [2.45, 2.75) is 51.2 Å². The van der Waals surface area contributed by atoms with Gasteiger partial charge in [0.2, 0.25) is 0 Å². The number of ether oxygens (including phenoxy) is 1. The highest BCUT2D eigenvalue weighted by molar-refractivity contribution is 5.57. The molecule has 0 aromatic heterocycles. The van der Waals surface area contributed by atoms with Crippen LogP contribution in [-0.4, -0.2) is 32.8 Å². The minimum absolute atomic E-state index is 0.428. The lowest BCUT2D eigenvalue weighted by Crippen LogP contribution is -2.32. The van der Waals surface area contributed by atoms with Gasteiger partial charge in [-0.25, -0.2) is 0 Å². The van der Waals surface area contributed by atoms with Gasteiger partial charge < -0.3 is 15.0 Å². The number of hydrogen-bond acceptors (Lipinski definition) is 3. The first kappa shape index (κ1) is 14.9. The highest BCUT2D eigenvalue weighted by Gasteiger charge is 2.21. The molecular formula is C18H28N2O. The third-order valence-electron chi connectivity index (χ3n) is 5.00. The van der Waals surface area contributed by atoms with Crippen LogP contribution in [-0.2, 0) is 11.2 Å². The van der Waals surface area contributed by atoms with Crippen LogP contribution in [0.2, 0.25) is 0 Å². The van der Waals surface area contributed by atoms with Gasteiger partial charge in [-0.3, -0.25) is 0 Å². The first-order chi connectivity index (χ1) is 10.3. The van der Waals surface area contributed by atoms with Crippen molar-refractivity contribution in [3.63, 3.8) is 0 Å². The molecule has 1 N–H and O–H groups in total. The van der Waals surface area contributed by atoms with Crippen LogP contribution in [0.1, 0.15) is 49.8 Å². The molecule has 1 aromatic carbocycles. The molecule has 116 valence electrons. The quantitative estimate of drug-likeness (QED) is 0.900. The van der Waals surface area contributed by atoms with Gasteiger partial charge in [-0.15, -0.1) is 0 Å². The van der Waals surface area contributed by atoms with E-state index < -0.39 is 0 Å². The van der Waals surface area contributed by atoms with E-state index in [0.29, 0.717) is 12.1 Å². The molecule has 3 heteroatoms. The van der Waals surface area contributed by atoms with Gasteiger partial charge in [0.15, 0.2) is 0 Å². The summed E-state index contributed by atoms with van der Waals surface area (Å²) in [5.74, 6) is 0. The first-order valence-corrected chi connectivity index (χ1v) is 8.44. The first-order valence-electron chi connectivity index (χ1n) is 8.44. The van der Waals surface area contributed by atoms with E-state index in [0.717, 1.165) is 13.2 Å². The molecule has 0 saturated carbocycles. The zero-order valence-electron chi connectivity index (χ0n) is 13.4. The van der Waals surface area contributed by atoms with Crippen molar-refractivity contribution in [3.05, 3.63) is 29.3 Å². The van der Waals surface area contributed by atoms with E-state index in [4.69, 9.17) is 4.74 Å². The highest BCUT2D eigenvalue weighted by atomic mass is 16.5. The fourth-order valence-corrected chi connectivity index (χ4v) is 3.54. The van der Waals surface area contributed by atoms with Crippen molar-refractivity contribution in [2.75, 3.05) is 31.6 Å². The van der Waals surface area contributed by atoms with Crippen molar-refractivity contribution in [1.82, 2.24) is 5.32 Å². The standard InChI is InChI=1S/C18H28N2O/c1-14(19-2)15-7-8-18-16(13-15)5-3-10-20(18)11-9-17-6-4-12-21-17/h7-8,13-14,17,19H,3-6,9-12H2,1-2H3. The number of fused-ring (bicyclic) bond motifs is 1. The molecule has 2 unspecified atom stereocenters. The summed E-state index contributed by atoms with van der Waals surface area (Å²) >= 11 is 0. The van der Waals surface area contributed by atoms with Crippen molar-refractivity contribution in [3.8, 4) is 0 Å². The molecule has 0 spiro atoms. The molecular weight excluding hydrogens is 260 g/mol. The van der Waals surface area contributed by atoms with Gasteiger partial charge in [0.25, 0.3) is 0 Å². The summed E-state index contributed by atoms with van der Waals surface area (Å²) in [7, 11) is 2.03. The molecule has 0 bridgehead atoms. The van der Waals surface area contributed by atoms with Gasteiger partial charge in [-0.2, -0.15) is 0 Å². The van der Waals surface area contributed by atoms with Crippen LogP contribution >= 0.6 is 0 Å². The Kier molecular flexibility index (Phi) is 4.81. The molecule has 1 saturated heterocycles. The summed E-state index contributed by atoms with van der Waals surface area (Å²) in [6.07, 6.45) is 6.66. The lowest BCUT2D eigenvalue weighted by Gasteiger charge is -2.32. The van der Waals surface area contributed by atoms with E-state index in [1.54, 1.807) is 0 Å². The Labute approximate surface area is 128 Å². The number of hydrogen-bond donors (Lipinski definition) is 1. The Morgan fingerprint density at radius 1 is 1.38 bits per heavy atom. The number of rotatable bonds is 5. The Morgan fingerprint density at radius 3 is 3.05 bits per heavy atom. The van der Waals surface area contributed by atoms with Crippen LogP contribution in [0.3, 0.4) is 0 Å². The van der Waals surface area contributed by atoms with Crippen LogP contribution in [0.25, 0.3) is 0 Å². The fraction of sp³-hybridized carbons (Fsp3) is 0.667. The molecule has 1 aromatic rings. The van der Waals surface area contributed by atoms with Crippen LogP contribution in [0.5, 0.6) is 0 Å².